The zero-order valence-electron chi connectivity index (χ0n) is 33.6. The van der Waals surface area contributed by atoms with E-state index in [1.807, 2.05) is 26.8 Å². The van der Waals surface area contributed by atoms with Crippen LogP contribution in [0.15, 0.2) is 41.5 Å². The van der Waals surface area contributed by atoms with Gasteiger partial charge in [-0.05, 0) is 67.8 Å². The number of carbonyl (C=O) groups excluding carboxylic acids is 3. The van der Waals surface area contributed by atoms with Crippen molar-refractivity contribution in [2.45, 2.75) is 167 Å². The molecule has 0 radical (unpaired) electrons. The van der Waals surface area contributed by atoms with Gasteiger partial charge in [-0.15, -0.1) is 0 Å². The second-order valence-corrected chi connectivity index (χ2v) is 26.2. The van der Waals surface area contributed by atoms with Gasteiger partial charge in [0.25, 0.3) is 0 Å². The quantitative estimate of drug-likeness (QED) is 0.121. The molecule has 1 aliphatic heterocycles. The fourth-order valence-electron chi connectivity index (χ4n) is 10.3. The number of benzene rings is 1. The molecule has 1 aromatic rings. The Kier molecular flexibility index (Phi) is 11.7. The summed E-state index contributed by atoms with van der Waals surface area (Å²) in [5.41, 5.74) is -3.29. The van der Waals surface area contributed by atoms with Crippen molar-refractivity contribution in [2.24, 2.45) is 16.7 Å². The molecule has 8 atom stereocenters. The number of fused-ring (bicyclic) bond motifs is 5. The van der Waals surface area contributed by atoms with Crippen molar-refractivity contribution in [1.82, 2.24) is 0 Å². The fourth-order valence-corrected chi connectivity index (χ4v) is 16.2. The summed E-state index contributed by atoms with van der Waals surface area (Å²) < 4.78 is 33.8. The zero-order valence-corrected chi connectivity index (χ0v) is 35.6. The van der Waals surface area contributed by atoms with E-state index in [0.29, 0.717) is 12.0 Å². The van der Waals surface area contributed by atoms with Gasteiger partial charge < -0.3 is 28.2 Å². The maximum absolute atomic E-state index is 15.6. The molecule has 0 spiro atoms. The van der Waals surface area contributed by atoms with Crippen molar-refractivity contribution in [3.05, 3.63) is 47.0 Å². The first-order chi connectivity index (χ1) is 24.4. The Labute approximate surface area is 313 Å². The van der Waals surface area contributed by atoms with E-state index in [-0.39, 0.29) is 25.2 Å². The molecule has 290 valence electrons. The van der Waals surface area contributed by atoms with Gasteiger partial charge in [0.1, 0.15) is 23.6 Å². The molecule has 3 fully saturated rings. The van der Waals surface area contributed by atoms with Crippen LogP contribution in [-0.4, -0.2) is 81.7 Å². The minimum Gasteiger partial charge on any atom is -0.455 e. The number of hydrogen-bond acceptors (Lipinski definition) is 9. The van der Waals surface area contributed by atoms with Crippen LogP contribution in [0.1, 0.15) is 106 Å². The molecule has 0 amide bonds. The van der Waals surface area contributed by atoms with E-state index in [4.69, 9.17) is 23.1 Å². The molecule has 5 rings (SSSR count). The molecule has 4 aliphatic rings. The maximum atomic E-state index is 15.6. The Morgan fingerprint density at radius 1 is 0.904 bits per heavy atom. The molecule has 3 aliphatic carbocycles. The van der Waals surface area contributed by atoms with Gasteiger partial charge in [0, 0.05) is 31.6 Å². The predicted molar refractivity (Wildman–Crippen MR) is 206 cm³/mol. The Bertz CT molecular complexity index is 1520. The number of Topliss-reactive ketones (excluding diaryl/α,β-unsaturated/α-hetero) is 1. The molecule has 0 aromatic heterocycles. The lowest BCUT2D eigenvalue weighted by Crippen LogP contribution is -2.81. The first-order valence-electron chi connectivity index (χ1n) is 19.8. The SMILES string of the molecule is CC[Si](CC)(CC)O[C@H]1C[C@@]2(O)[C@@H](OC(=O)c3ccccc3)C3[C@](C)(C(=O)CC(=C1C)C2(C)C)[C@@H](O[Si](CC)(CC)CC)C[C@H]1OC[C@@]31OC(C)=O. The second kappa shape index (κ2) is 14.8. The summed E-state index contributed by atoms with van der Waals surface area (Å²) in [7, 11) is -4.55. The molecule has 1 N–H and O–H groups in total. The van der Waals surface area contributed by atoms with E-state index in [1.54, 1.807) is 24.3 Å². The van der Waals surface area contributed by atoms with Gasteiger partial charge >= 0.3 is 11.9 Å². The number of ketones is 1. The summed E-state index contributed by atoms with van der Waals surface area (Å²) >= 11 is 0. The van der Waals surface area contributed by atoms with E-state index in [2.05, 4.69) is 48.5 Å². The summed E-state index contributed by atoms with van der Waals surface area (Å²) in [5.74, 6) is -2.18. The highest BCUT2D eigenvalue weighted by atomic mass is 28.4. The third-order valence-electron chi connectivity index (χ3n) is 14.6. The van der Waals surface area contributed by atoms with Gasteiger partial charge in [-0.2, -0.15) is 0 Å². The number of esters is 2. The third-order valence-corrected chi connectivity index (χ3v) is 23.9. The van der Waals surface area contributed by atoms with Crippen molar-refractivity contribution in [3.8, 4) is 0 Å². The number of carbonyl (C=O) groups is 3. The molecule has 9 nitrogen and oxygen atoms in total. The Hall–Kier alpha value is -2.16. The van der Waals surface area contributed by atoms with Crippen molar-refractivity contribution >= 4 is 34.4 Å². The Balaban J connectivity index is 1.83. The van der Waals surface area contributed by atoms with Crippen molar-refractivity contribution < 1.29 is 42.6 Å². The monoisotopic (exact) mass is 756 g/mol. The lowest BCUT2D eigenvalue weighted by Gasteiger charge is -2.68. The van der Waals surface area contributed by atoms with Gasteiger partial charge in [-0.25, -0.2) is 4.79 Å². The number of ether oxygens (including phenoxy) is 3. The second-order valence-electron chi connectivity index (χ2n) is 16.8. The average molecular weight is 757 g/mol. The van der Waals surface area contributed by atoms with Gasteiger partial charge in [-0.3, -0.25) is 9.59 Å². The molecular formula is C41H64O9Si2. The third kappa shape index (κ3) is 6.32. The van der Waals surface area contributed by atoms with Gasteiger partial charge in [0.05, 0.1) is 35.7 Å². The van der Waals surface area contributed by atoms with E-state index >= 15 is 4.79 Å². The summed E-state index contributed by atoms with van der Waals surface area (Å²) in [5, 5.41) is 13.8. The van der Waals surface area contributed by atoms with Crippen LogP contribution in [-0.2, 0) is 32.7 Å². The minimum atomic E-state index is -2.33. The molecular weight excluding hydrogens is 693 g/mol. The maximum Gasteiger partial charge on any atom is 0.338 e. The number of rotatable bonds is 13. The highest BCUT2D eigenvalue weighted by Crippen LogP contribution is 2.65. The van der Waals surface area contributed by atoms with Crippen molar-refractivity contribution in [3.63, 3.8) is 0 Å². The highest BCUT2D eigenvalue weighted by molar-refractivity contribution is 6.74. The van der Waals surface area contributed by atoms with Gasteiger partial charge in [0.2, 0.25) is 0 Å². The first kappa shape index (κ1) is 41.0. The van der Waals surface area contributed by atoms with Crippen molar-refractivity contribution in [2.75, 3.05) is 6.61 Å². The molecule has 1 heterocycles. The van der Waals surface area contributed by atoms with E-state index in [9.17, 15) is 14.7 Å². The van der Waals surface area contributed by atoms with Crippen LogP contribution in [0.4, 0.5) is 0 Å². The lowest BCUT2D eigenvalue weighted by atomic mass is 9.45. The summed E-state index contributed by atoms with van der Waals surface area (Å²) in [6.07, 6.45) is -2.41. The minimum absolute atomic E-state index is 0.0183. The van der Waals surface area contributed by atoms with Gasteiger partial charge in [0.15, 0.2) is 22.2 Å². The summed E-state index contributed by atoms with van der Waals surface area (Å²) in [4.78, 5) is 43.0. The molecule has 11 heteroatoms. The van der Waals surface area contributed by atoms with E-state index in [1.165, 1.54) is 6.92 Å². The van der Waals surface area contributed by atoms with Crippen LogP contribution in [0.3, 0.4) is 0 Å². The van der Waals surface area contributed by atoms with Crippen LogP contribution in [0, 0.1) is 16.7 Å². The van der Waals surface area contributed by atoms with Crippen LogP contribution in [0.25, 0.3) is 0 Å². The number of aliphatic hydroxyl groups is 1. The average Bonchev–Trinajstić information content (AvgIpc) is 3.12. The molecule has 1 unspecified atom stereocenters. The molecule has 1 saturated heterocycles. The number of hydrogen-bond donors (Lipinski definition) is 1. The normalized spacial score (nSPS) is 34.3. The van der Waals surface area contributed by atoms with Crippen LogP contribution >= 0.6 is 0 Å². The fraction of sp³-hybridized carbons (Fsp3) is 0.732. The van der Waals surface area contributed by atoms with Gasteiger partial charge in [-0.1, -0.05) is 79.2 Å². The molecule has 2 saturated carbocycles. The first-order valence-corrected chi connectivity index (χ1v) is 24.9. The van der Waals surface area contributed by atoms with Crippen LogP contribution in [0.2, 0.25) is 36.3 Å². The largest absolute Gasteiger partial charge is 0.455 e. The van der Waals surface area contributed by atoms with Crippen LogP contribution in [0.5, 0.6) is 0 Å². The zero-order chi connectivity index (χ0) is 38.5. The summed E-state index contributed by atoms with van der Waals surface area (Å²) in [6.45, 7) is 22.3. The summed E-state index contributed by atoms with van der Waals surface area (Å²) in [6, 6.07) is 14.1. The lowest BCUT2D eigenvalue weighted by molar-refractivity contribution is -0.343. The van der Waals surface area contributed by atoms with Crippen molar-refractivity contribution in [1.29, 1.82) is 0 Å². The topological polar surface area (TPSA) is 118 Å². The standard InChI is InChI=1S/C41H64O9Si2/c1-12-51(13-2,14-3)49-31-25-41(45)36(47-37(44)29-21-19-18-20-22-29)35-39(11,32(43)23-30(27(31)7)38(41,9)10)33(50-52(15-4,16-5)17-6)24-34-40(35,26-46-34)48-28(8)42/h18-22,31,33-36,45H,12-17,23-26H2,1-11H3/t31-,33-,34+,35?,36-,39+,40-,41+/m0/s1. The highest BCUT2D eigenvalue weighted by Gasteiger charge is 2.77. The smallest absolute Gasteiger partial charge is 0.338 e. The molecule has 1 aromatic carbocycles. The Morgan fingerprint density at radius 2 is 1.46 bits per heavy atom. The Morgan fingerprint density at radius 3 is 1.96 bits per heavy atom. The predicted octanol–water partition coefficient (Wildman–Crippen LogP) is 8.17. The van der Waals surface area contributed by atoms with E-state index < -0.39 is 80.9 Å². The van der Waals surface area contributed by atoms with E-state index in [0.717, 1.165) is 47.4 Å². The molecule has 2 bridgehead atoms. The van der Waals surface area contributed by atoms with Crippen LogP contribution < -0.4 is 0 Å². The molecule has 52 heavy (non-hydrogen) atoms.